The highest BCUT2D eigenvalue weighted by atomic mass is 35.5. The first-order chi connectivity index (χ1) is 10.9. The number of ketones is 1. The SMILES string of the molecule is O=C1/C(=C/c2cccc(O)c2[N+](=O)[O-])Oc2c(Cl)ccc(Cl)c21. The first kappa shape index (κ1) is 15.3. The van der Waals surface area contributed by atoms with Gasteiger partial charge in [0.05, 0.1) is 26.1 Å². The lowest BCUT2D eigenvalue weighted by atomic mass is 10.1. The van der Waals surface area contributed by atoms with E-state index in [0.29, 0.717) is 0 Å². The van der Waals surface area contributed by atoms with Gasteiger partial charge in [-0.1, -0.05) is 29.3 Å². The van der Waals surface area contributed by atoms with Crippen LogP contribution < -0.4 is 4.74 Å². The number of nitrogens with zero attached hydrogens (tertiary/aromatic N) is 1. The van der Waals surface area contributed by atoms with Crippen LogP contribution in [-0.2, 0) is 0 Å². The highest BCUT2D eigenvalue weighted by Crippen LogP contribution is 2.42. The third kappa shape index (κ3) is 2.52. The number of carbonyl (C=O) groups excluding carboxylic acids is 1. The summed E-state index contributed by atoms with van der Waals surface area (Å²) in [5, 5.41) is 21.1. The number of hydrogen-bond donors (Lipinski definition) is 1. The van der Waals surface area contributed by atoms with Crippen molar-refractivity contribution in [1.29, 1.82) is 0 Å². The molecule has 0 atom stereocenters. The molecule has 2 aromatic carbocycles. The van der Waals surface area contributed by atoms with Crippen LogP contribution in [0.5, 0.6) is 11.5 Å². The van der Waals surface area contributed by atoms with Gasteiger partial charge in [-0.15, -0.1) is 0 Å². The van der Waals surface area contributed by atoms with E-state index in [1.165, 1.54) is 36.4 Å². The van der Waals surface area contributed by atoms with E-state index in [1.807, 2.05) is 0 Å². The molecule has 23 heavy (non-hydrogen) atoms. The molecule has 116 valence electrons. The quantitative estimate of drug-likeness (QED) is 0.496. The second kappa shape index (κ2) is 5.57. The average molecular weight is 352 g/mol. The van der Waals surface area contributed by atoms with Crippen molar-refractivity contribution in [3.8, 4) is 11.5 Å². The number of nitro groups is 1. The Balaban J connectivity index is 2.13. The fourth-order valence-corrected chi connectivity index (χ4v) is 2.66. The molecule has 0 unspecified atom stereocenters. The molecule has 8 heteroatoms. The molecule has 0 radical (unpaired) electrons. The fraction of sp³-hybridized carbons (Fsp3) is 0. The summed E-state index contributed by atoms with van der Waals surface area (Å²) in [5.41, 5.74) is -0.392. The third-order valence-electron chi connectivity index (χ3n) is 3.24. The highest BCUT2D eigenvalue weighted by molar-refractivity contribution is 6.39. The number of nitro benzene ring substituents is 1. The molecule has 0 amide bonds. The summed E-state index contributed by atoms with van der Waals surface area (Å²) in [6.45, 7) is 0. The van der Waals surface area contributed by atoms with E-state index in [9.17, 15) is 20.0 Å². The predicted molar refractivity (Wildman–Crippen MR) is 84.2 cm³/mol. The van der Waals surface area contributed by atoms with Gasteiger partial charge in [0.25, 0.3) is 0 Å². The molecule has 6 nitrogen and oxygen atoms in total. The maximum absolute atomic E-state index is 12.4. The van der Waals surface area contributed by atoms with Crippen LogP contribution in [0.15, 0.2) is 36.1 Å². The zero-order chi connectivity index (χ0) is 16.7. The number of rotatable bonds is 2. The molecule has 1 heterocycles. The molecule has 1 aliphatic heterocycles. The van der Waals surface area contributed by atoms with Gasteiger partial charge >= 0.3 is 5.69 Å². The highest BCUT2D eigenvalue weighted by Gasteiger charge is 2.32. The maximum atomic E-state index is 12.4. The molecule has 0 aromatic heterocycles. The molecule has 0 saturated carbocycles. The van der Waals surface area contributed by atoms with Crippen LogP contribution in [0.3, 0.4) is 0 Å². The topological polar surface area (TPSA) is 89.7 Å². The summed E-state index contributed by atoms with van der Waals surface area (Å²) in [6.07, 6.45) is 1.17. The van der Waals surface area contributed by atoms with Gasteiger partial charge in [-0.25, -0.2) is 0 Å². The van der Waals surface area contributed by atoms with Crippen molar-refractivity contribution in [2.45, 2.75) is 0 Å². The minimum absolute atomic E-state index is 0.0263. The van der Waals surface area contributed by atoms with Crippen molar-refractivity contribution in [1.82, 2.24) is 0 Å². The zero-order valence-corrected chi connectivity index (χ0v) is 12.8. The van der Waals surface area contributed by atoms with Crippen molar-refractivity contribution in [2.24, 2.45) is 0 Å². The predicted octanol–water partition coefficient (Wildman–Crippen LogP) is 4.22. The van der Waals surface area contributed by atoms with Crippen molar-refractivity contribution >= 4 is 40.7 Å². The molecule has 0 spiro atoms. The van der Waals surface area contributed by atoms with Crippen LogP contribution in [0.2, 0.25) is 10.0 Å². The first-order valence-corrected chi connectivity index (χ1v) is 7.04. The Morgan fingerprint density at radius 3 is 2.52 bits per heavy atom. The van der Waals surface area contributed by atoms with Crippen LogP contribution in [-0.4, -0.2) is 15.8 Å². The van der Waals surface area contributed by atoms with E-state index in [4.69, 9.17) is 27.9 Å². The van der Waals surface area contributed by atoms with Crippen LogP contribution >= 0.6 is 23.2 Å². The number of halogens is 2. The summed E-state index contributed by atoms with van der Waals surface area (Å²) < 4.78 is 5.40. The Morgan fingerprint density at radius 2 is 1.87 bits per heavy atom. The second-order valence-corrected chi connectivity index (χ2v) is 5.46. The van der Waals surface area contributed by atoms with Gasteiger partial charge in [0.2, 0.25) is 5.78 Å². The molecular weight excluding hydrogens is 345 g/mol. The number of hydrogen-bond acceptors (Lipinski definition) is 5. The molecule has 0 saturated heterocycles. The van der Waals surface area contributed by atoms with E-state index in [1.54, 1.807) is 0 Å². The van der Waals surface area contributed by atoms with E-state index in [0.717, 1.165) is 0 Å². The standard InChI is InChI=1S/C15H7Cl2NO5/c16-8-4-5-9(17)15-12(8)14(20)11(23-15)6-7-2-1-3-10(19)13(7)18(21)22/h1-6,19H/b11-6-. The molecular formula is C15H7Cl2NO5. The largest absolute Gasteiger partial charge is 0.502 e. The number of ether oxygens (including phenoxy) is 1. The number of aromatic hydroxyl groups is 1. The lowest BCUT2D eigenvalue weighted by molar-refractivity contribution is -0.386. The van der Waals surface area contributed by atoms with E-state index in [-0.39, 0.29) is 32.7 Å². The number of Topliss-reactive ketones (excluding diaryl/α,β-unsaturated/α-hetero) is 1. The molecule has 0 fully saturated rings. The first-order valence-electron chi connectivity index (χ1n) is 6.28. The zero-order valence-electron chi connectivity index (χ0n) is 11.2. The molecule has 3 rings (SSSR count). The minimum atomic E-state index is -0.742. The Bertz CT molecular complexity index is 892. The number of fused-ring (bicyclic) bond motifs is 1. The van der Waals surface area contributed by atoms with Gasteiger partial charge in [0, 0.05) is 0 Å². The Kier molecular flexibility index (Phi) is 3.71. The van der Waals surface area contributed by atoms with Crippen molar-refractivity contribution in [3.63, 3.8) is 0 Å². The third-order valence-corrected chi connectivity index (χ3v) is 3.85. The van der Waals surface area contributed by atoms with Crippen molar-refractivity contribution in [3.05, 3.63) is 67.4 Å². The Labute approximate surface area is 139 Å². The minimum Gasteiger partial charge on any atom is -0.502 e. The molecule has 1 N–H and O–H groups in total. The number of phenolic OH excluding ortho intramolecular Hbond substituents is 1. The number of carbonyl (C=O) groups is 1. The van der Waals surface area contributed by atoms with Crippen molar-refractivity contribution < 1.29 is 19.6 Å². The fourth-order valence-electron chi connectivity index (χ4n) is 2.22. The van der Waals surface area contributed by atoms with E-state index < -0.39 is 22.1 Å². The summed E-state index contributed by atoms with van der Waals surface area (Å²) in [5.74, 6) is -1.10. The molecule has 0 bridgehead atoms. The summed E-state index contributed by atoms with van der Waals surface area (Å²) >= 11 is 11.9. The van der Waals surface area contributed by atoms with Gasteiger partial charge in [-0.05, 0) is 30.3 Å². The normalized spacial score (nSPS) is 14.7. The summed E-state index contributed by atoms with van der Waals surface area (Å²) in [4.78, 5) is 22.7. The van der Waals surface area contributed by atoms with E-state index in [2.05, 4.69) is 0 Å². The second-order valence-electron chi connectivity index (χ2n) is 4.65. The van der Waals surface area contributed by atoms with Gasteiger partial charge < -0.3 is 9.84 Å². The van der Waals surface area contributed by atoms with Crippen LogP contribution in [0.25, 0.3) is 6.08 Å². The number of allylic oxidation sites excluding steroid dienone is 1. The monoisotopic (exact) mass is 351 g/mol. The lowest BCUT2D eigenvalue weighted by Gasteiger charge is -2.02. The lowest BCUT2D eigenvalue weighted by Crippen LogP contribution is -2.00. The molecule has 0 aliphatic carbocycles. The van der Waals surface area contributed by atoms with Crippen LogP contribution in [0.4, 0.5) is 5.69 Å². The smallest absolute Gasteiger partial charge is 0.317 e. The van der Waals surface area contributed by atoms with Gasteiger partial charge in [0.1, 0.15) is 0 Å². The summed E-state index contributed by atoms with van der Waals surface area (Å²) in [7, 11) is 0. The summed E-state index contributed by atoms with van der Waals surface area (Å²) in [6, 6.07) is 6.92. The number of para-hydroxylation sites is 1. The Morgan fingerprint density at radius 1 is 1.17 bits per heavy atom. The number of benzene rings is 2. The Hall–Kier alpha value is -2.57. The van der Waals surface area contributed by atoms with Gasteiger partial charge in [0.15, 0.2) is 17.3 Å². The van der Waals surface area contributed by atoms with Gasteiger partial charge in [-0.2, -0.15) is 0 Å². The van der Waals surface area contributed by atoms with Gasteiger partial charge in [-0.3, -0.25) is 14.9 Å². The molecule has 1 aliphatic rings. The van der Waals surface area contributed by atoms with E-state index >= 15 is 0 Å². The maximum Gasteiger partial charge on any atom is 0.317 e. The van der Waals surface area contributed by atoms with Crippen LogP contribution in [0, 0.1) is 10.1 Å². The average Bonchev–Trinajstić information content (AvgIpc) is 2.81. The molecule has 2 aromatic rings. The van der Waals surface area contributed by atoms with Crippen molar-refractivity contribution in [2.75, 3.05) is 0 Å². The number of phenols is 1. The van der Waals surface area contributed by atoms with Crippen LogP contribution in [0.1, 0.15) is 15.9 Å².